The lowest BCUT2D eigenvalue weighted by atomic mass is 10.1. The van der Waals surface area contributed by atoms with Crippen LogP contribution in [0.4, 0.5) is 11.4 Å². The molecule has 1 aromatic carbocycles. The minimum absolute atomic E-state index is 0.168. The van der Waals surface area contributed by atoms with E-state index in [1.807, 2.05) is 24.4 Å². The Labute approximate surface area is 132 Å². The Morgan fingerprint density at radius 3 is 2.59 bits per heavy atom. The van der Waals surface area contributed by atoms with Crippen LogP contribution in [0.25, 0.3) is 0 Å². The quantitative estimate of drug-likeness (QED) is 0.644. The number of para-hydroxylation sites is 1. The third-order valence-electron chi connectivity index (χ3n) is 3.21. The molecule has 6 nitrogen and oxygen atoms in total. The zero-order chi connectivity index (χ0) is 16.3. The van der Waals surface area contributed by atoms with Crippen LogP contribution in [0, 0.1) is 10.1 Å². The zero-order valence-corrected chi connectivity index (χ0v) is 13.8. The van der Waals surface area contributed by atoms with Crippen LogP contribution < -0.4 is 5.32 Å². The van der Waals surface area contributed by atoms with Crippen molar-refractivity contribution in [3.8, 4) is 0 Å². The lowest BCUT2D eigenvalue weighted by Crippen LogP contribution is -2.12. The van der Waals surface area contributed by atoms with Crippen LogP contribution in [0.3, 0.4) is 0 Å². The molecule has 118 valence electrons. The molecule has 0 bridgehead atoms. The van der Waals surface area contributed by atoms with Gasteiger partial charge in [-0.2, -0.15) is 0 Å². The van der Waals surface area contributed by atoms with E-state index >= 15 is 0 Å². The van der Waals surface area contributed by atoms with Crippen molar-refractivity contribution in [3.05, 3.63) is 50.7 Å². The number of benzene rings is 1. The van der Waals surface area contributed by atoms with Crippen LogP contribution in [-0.4, -0.2) is 26.1 Å². The van der Waals surface area contributed by atoms with Crippen LogP contribution >= 0.6 is 11.3 Å². The van der Waals surface area contributed by atoms with Crippen molar-refractivity contribution in [1.29, 1.82) is 0 Å². The predicted octanol–water partition coefficient (Wildman–Crippen LogP) is 3.28. The highest BCUT2D eigenvalue weighted by molar-refractivity contribution is 7.90. The number of hydrogen-bond acceptors (Lipinski definition) is 6. The molecule has 1 aromatic heterocycles. The van der Waals surface area contributed by atoms with Gasteiger partial charge in [0.1, 0.15) is 10.6 Å². The average molecular weight is 340 g/mol. The first kappa shape index (κ1) is 16.4. The van der Waals surface area contributed by atoms with Gasteiger partial charge in [0.25, 0.3) is 0 Å². The van der Waals surface area contributed by atoms with Gasteiger partial charge in [0, 0.05) is 23.6 Å². The summed E-state index contributed by atoms with van der Waals surface area (Å²) in [5.74, 6) is 0.168. The zero-order valence-electron chi connectivity index (χ0n) is 12.1. The maximum atomic E-state index is 11.7. The Kier molecular flexibility index (Phi) is 4.82. The van der Waals surface area contributed by atoms with Gasteiger partial charge in [0.2, 0.25) is 0 Å². The minimum Gasteiger partial charge on any atom is -0.379 e. The van der Waals surface area contributed by atoms with E-state index in [0.717, 1.165) is 11.1 Å². The monoisotopic (exact) mass is 340 g/mol. The van der Waals surface area contributed by atoms with Crippen molar-refractivity contribution in [1.82, 2.24) is 0 Å². The van der Waals surface area contributed by atoms with E-state index in [4.69, 9.17) is 0 Å². The summed E-state index contributed by atoms with van der Waals surface area (Å²) in [5.41, 5.74) is -0.181. The molecule has 1 atom stereocenters. The van der Waals surface area contributed by atoms with E-state index in [2.05, 4.69) is 5.32 Å². The Hall–Kier alpha value is -1.93. The summed E-state index contributed by atoms with van der Waals surface area (Å²) in [5, 5.41) is 16.2. The molecule has 0 amide bonds. The normalized spacial score (nSPS) is 12.8. The first-order valence-electron chi connectivity index (χ1n) is 6.55. The highest BCUT2D eigenvalue weighted by Crippen LogP contribution is 2.32. The van der Waals surface area contributed by atoms with Crippen molar-refractivity contribution in [2.45, 2.75) is 17.7 Å². The Morgan fingerprint density at radius 2 is 2.05 bits per heavy atom. The molecule has 0 spiro atoms. The van der Waals surface area contributed by atoms with E-state index in [0.29, 0.717) is 6.54 Å². The minimum atomic E-state index is -3.66. The van der Waals surface area contributed by atoms with E-state index in [1.54, 1.807) is 11.3 Å². The molecular weight excluding hydrogens is 324 g/mol. The van der Waals surface area contributed by atoms with E-state index in [1.165, 1.54) is 18.2 Å². The van der Waals surface area contributed by atoms with Gasteiger partial charge >= 0.3 is 5.69 Å². The van der Waals surface area contributed by atoms with Crippen LogP contribution in [0.15, 0.2) is 40.6 Å². The van der Waals surface area contributed by atoms with Gasteiger partial charge in [-0.25, -0.2) is 8.42 Å². The Morgan fingerprint density at radius 1 is 1.32 bits per heavy atom. The summed E-state index contributed by atoms with van der Waals surface area (Å²) in [6, 6.07) is 8.22. The van der Waals surface area contributed by atoms with Gasteiger partial charge < -0.3 is 5.32 Å². The number of nitrogens with one attached hydrogen (secondary N) is 1. The number of thiophene rings is 1. The lowest BCUT2D eigenvalue weighted by Gasteiger charge is -2.13. The van der Waals surface area contributed by atoms with Crippen LogP contribution in [0.5, 0.6) is 0 Å². The smallest absolute Gasteiger partial charge is 0.310 e. The molecule has 2 aromatic rings. The maximum Gasteiger partial charge on any atom is 0.310 e. The Balaban J connectivity index is 2.30. The second-order valence-electron chi connectivity index (χ2n) is 4.98. The van der Waals surface area contributed by atoms with Crippen molar-refractivity contribution < 1.29 is 13.3 Å². The Bertz CT molecular complexity index is 770. The van der Waals surface area contributed by atoms with E-state index in [9.17, 15) is 18.5 Å². The van der Waals surface area contributed by atoms with Crippen LogP contribution in [0.2, 0.25) is 0 Å². The van der Waals surface area contributed by atoms with E-state index in [-0.39, 0.29) is 16.5 Å². The SMILES string of the molecule is CC(CNc1cccc(S(C)(=O)=O)c1[N+](=O)[O-])c1cccs1. The highest BCUT2D eigenvalue weighted by Gasteiger charge is 2.26. The van der Waals surface area contributed by atoms with Crippen LogP contribution in [-0.2, 0) is 9.84 Å². The van der Waals surface area contributed by atoms with Gasteiger partial charge in [-0.15, -0.1) is 11.3 Å². The standard InChI is InChI=1S/C14H16N2O4S2/c1-10(12-6-4-8-21-12)9-15-11-5-3-7-13(22(2,19)20)14(11)16(17)18/h3-8,10,15H,9H2,1-2H3. The number of hydrogen-bond donors (Lipinski definition) is 1. The van der Waals surface area contributed by atoms with Gasteiger partial charge in [0.15, 0.2) is 9.84 Å². The molecule has 1 heterocycles. The van der Waals surface area contributed by atoms with Crippen molar-refractivity contribution in [2.24, 2.45) is 0 Å². The predicted molar refractivity (Wildman–Crippen MR) is 87.4 cm³/mol. The number of rotatable bonds is 6. The van der Waals surface area contributed by atoms with Crippen molar-refractivity contribution in [2.75, 3.05) is 18.1 Å². The molecule has 22 heavy (non-hydrogen) atoms. The fourth-order valence-corrected chi connectivity index (χ4v) is 3.74. The number of sulfone groups is 1. The van der Waals surface area contributed by atoms with E-state index < -0.39 is 20.4 Å². The summed E-state index contributed by atoms with van der Waals surface area (Å²) in [6.07, 6.45) is 0.966. The summed E-state index contributed by atoms with van der Waals surface area (Å²) in [4.78, 5) is 11.5. The highest BCUT2D eigenvalue weighted by atomic mass is 32.2. The number of nitro benzene ring substituents is 1. The fourth-order valence-electron chi connectivity index (χ4n) is 2.09. The topological polar surface area (TPSA) is 89.3 Å². The molecular formula is C14H16N2O4S2. The third kappa shape index (κ3) is 3.63. The molecule has 0 aliphatic heterocycles. The number of nitrogens with zero attached hydrogens (tertiary/aromatic N) is 1. The summed E-state index contributed by atoms with van der Waals surface area (Å²) >= 11 is 1.61. The third-order valence-corrected chi connectivity index (χ3v) is 5.44. The first-order valence-corrected chi connectivity index (χ1v) is 9.32. The number of nitro groups is 1. The fraction of sp³-hybridized carbons (Fsp3) is 0.286. The summed E-state index contributed by atoms with van der Waals surface area (Å²) in [6.45, 7) is 2.49. The van der Waals surface area contributed by atoms with Gasteiger partial charge in [-0.3, -0.25) is 10.1 Å². The maximum absolute atomic E-state index is 11.7. The van der Waals surface area contributed by atoms with Crippen molar-refractivity contribution in [3.63, 3.8) is 0 Å². The molecule has 0 saturated heterocycles. The van der Waals surface area contributed by atoms with Gasteiger partial charge in [-0.05, 0) is 23.6 Å². The molecule has 2 rings (SSSR count). The van der Waals surface area contributed by atoms with Gasteiger partial charge in [-0.1, -0.05) is 19.1 Å². The first-order chi connectivity index (χ1) is 10.3. The average Bonchev–Trinajstić information content (AvgIpc) is 2.97. The van der Waals surface area contributed by atoms with Crippen molar-refractivity contribution >= 4 is 32.5 Å². The molecule has 1 unspecified atom stereocenters. The van der Waals surface area contributed by atoms with Gasteiger partial charge in [0.05, 0.1) is 4.92 Å². The number of anilines is 1. The molecule has 1 N–H and O–H groups in total. The molecule has 8 heteroatoms. The molecule has 0 saturated carbocycles. The molecule has 0 aliphatic rings. The molecule has 0 radical (unpaired) electrons. The van der Waals surface area contributed by atoms with Crippen LogP contribution in [0.1, 0.15) is 17.7 Å². The summed E-state index contributed by atoms with van der Waals surface area (Å²) in [7, 11) is -3.66. The molecule has 0 fully saturated rings. The second-order valence-corrected chi connectivity index (χ2v) is 7.94. The second kappa shape index (κ2) is 6.45. The molecule has 0 aliphatic carbocycles. The lowest BCUT2D eigenvalue weighted by molar-refractivity contribution is -0.386. The largest absolute Gasteiger partial charge is 0.379 e. The summed E-state index contributed by atoms with van der Waals surface area (Å²) < 4.78 is 23.4.